The van der Waals surface area contributed by atoms with E-state index in [0.717, 1.165) is 12.1 Å². The molecule has 0 unspecified atom stereocenters. The van der Waals surface area contributed by atoms with Gasteiger partial charge < -0.3 is 10.4 Å². The summed E-state index contributed by atoms with van der Waals surface area (Å²) in [6.45, 7) is 3.52. The summed E-state index contributed by atoms with van der Waals surface area (Å²) in [5, 5.41) is 11.4. The Morgan fingerprint density at radius 1 is 1.35 bits per heavy atom. The summed E-state index contributed by atoms with van der Waals surface area (Å²) >= 11 is 0. The van der Waals surface area contributed by atoms with Crippen LogP contribution in [0.25, 0.3) is 0 Å². The average Bonchev–Trinajstić information content (AvgIpc) is 2.45. The van der Waals surface area contributed by atoms with E-state index in [4.69, 9.17) is 5.11 Å². The predicted molar refractivity (Wildman–Crippen MR) is 78.8 cm³/mol. The Balaban J connectivity index is 2.67. The highest BCUT2D eigenvalue weighted by Crippen LogP contribution is 2.29. The van der Waals surface area contributed by atoms with Crippen molar-refractivity contribution in [1.82, 2.24) is 5.32 Å². The lowest BCUT2D eigenvalue weighted by molar-refractivity contribution is -0.142. The number of carbonyl (C=O) groups is 2. The second-order valence-corrected chi connectivity index (χ2v) is 5.05. The molecule has 0 fully saturated rings. The van der Waals surface area contributed by atoms with Gasteiger partial charge in [0.1, 0.15) is 6.04 Å². The molecule has 1 aromatic rings. The summed E-state index contributed by atoms with van der Waals surface area (Å²) in [4.78, 5) is 22.9. The lowest BCUT2D eigenvalue weighted by atomic mass is 10.1. The molecule has 0 bridgehead atoms. The fraction of sp³-hybridized carbons (Fsp3) is 0.375. The van der Waals surface area contributed by atoms with E-state index in [2.05, 4.69) is 11.9 Å². The molecule has 0 saturated carbocycles. The highest BCUT2D eigenvalue weighted by molar-refractivity contribution is 5.84. The minimum atomic E-state index is -4.49. The molecule has 23 heavy (non-hydrogen) atoms. The maximum absolute atomic E-state index is 12.6. The number of amides is 1. The number of unbranched alkanes of at least 4 members (excludes halogenated alkanes) is 1. The molecule has 0 saturated heterocycles. The number of allylic oxidation sites excluding steroid dienone is 1. The first-order chi connectivity index (χ1) is 10.7. The van der Waals surface area contributed by atoms with Gasteiger partial charge in [0, 0.05) is 0 Å². The van der Waals surface area contributed by atoms with Crippen LogP contribution in [0.1, 0.15) is 30.4 Å². The zero-order chi connectivity index (χ0) is 17.5. The van der Waals surface area contributed by atoms with E-state index in [0.29, 0.717) is 12.8 Å². The Hall–Kier alpha value is -2.31. The van der Waals surface area contributed by atoms with Gasteiger partial charge in [-0.3, -0.25) is 4.79 Å². The van der Waals surface area contributed by atoms with Gasteiger partial charge in [0.15, 0.2) is 0 Å². The number of nitrogens with one attached hydrogen (secondary N) is 1. The van der Waals surface area contributed by atoms with E-state index in [1.165, 1.54) is 12.1 Å². The van der Waals surface area contributed by atoms with Crippen LogP contribution in [0, 0.1) is 0 Å². The van der Waals surface area contributed by atoms with E-state index in [1.807, 2.05) is 0 Å². The van der Waals surface area contributed by atoms with E-state index < -0.39 is 29.7 Å². The van der Waals surface area contributed by atoms with Crippen LogP contribution in [0.5, 0.6) is 0 Å². The molecule has 0 aromatic heterocycles. The Kier molecular flexibility index (Phi) is 6.81. The van der Waals surface area contributed by atoms with Crippen molar-refractivity contribution >= 4 is 11.9 Å². The smallest absolute Gasteiger partial charge is 0.416 e. The van der Waals surface area contributed by atoms with Crippen molar-refractivity contribution < 1.29 is 27.9 Å². The Morgan fingerprint density at radius 2 is 2.04 bits per heavy atom. The molecule has 0 spiro atoms. The molecule has 1 atom stereocenters. The van der Waals surface area contributed by atoms with Gasteiger partial charge in [0.25, 0.3) is 0 Å². The molecule has 7 heteroatoms. The molecule has 1 aromatic carbocycles. The summed E-state index contributed by atoms with van der Waals surface area (Å²) in [5.41, 5.74) is -0.670. The molecule has 1 rings (SSSR count). The number of hydrogen-bond donors (Lipinski definition) is 2. The summed E-state index contributed by atoms with van der Waals surface area (Å²) in [7, 11) is 0. The minimum absolute atomic E-state index is 0.174. The molecular weight excluding hydrogens is 311 g/mol. The largest absolute Gasteiger partial charge is 0.480 e. The maximum Gasteiger partial charge on any atom is 0.416 e. The number of halogens is 3. The van der Waals surface area contributed by atoms with Crippen LogP contribution >= 0.6 is 0 Å². The summed E-state index contributed by atoms with van der Waals surface area (Å²) in [5.74, 6) is -1.80. The van der Waals surface area contributed by atoms with Crippen LogP contribution in [-0.4, -0.2) is 23.0 Å². The van der Waals surface area contributed by atoms with Crippen molar-refractivity contribution in [2.75, 3.05) is 0 Å². The van der Waals surface area contributed by atoms with Crippen LogP contribution < -0.4 is 5.32 Å². The molecule has 0 radical (unpaired) electrons. The number of alkyl halides is 3. The third-order valence-corrected chi connectivity index (χ3v) is 3.15. The van der Waals surface area contributed by atoms with Crippen molar-refractivity contribution in [2.24, 2.45) is 0 Å². The quantitative estimate of drug-likeness (QED) is 0.569. The second kappa shape index (κ2) is 8.36. The molecule has 0 aliphatic rings. The van der Waals surface area contributed by atoms with Gasteiger partial charge in [-0.15, -0.1) is 6.58 Å². The number of carboxylic acid groups (broad SMARTS) is 1. The van der Waals surface area contributed by atoms with Crippen LogP contribution in [-0.2, 0) is 22.2 Å². The van der Waals surface area contributed by atoms with Gasteiger partial charge in [0.05, 0.1) is 12.0 Å². The zero-order valence-corrected chi connectivity index (χ0v) is 12.4. The van der Waals surface area contributed by atoms with Gasteiger partial charge in [-0.05, 0) is 30.9 Å². The van der Waals surface area contributed by atoms with E-state index >= 15 is 0 Å². The zero-order valence-electron chi connectivity index (χ0n) is 12.4. The van der Waals surface area contributed by atoms with Crippen LogP contribution in [0.15, 0.2) is 36.9 Å². The molecule has 126 valence electrons. The van der Waals surface area contributed by atoms with E-state index in [-0.39, 0.29) is 18.4 Å². The number of benzene rings is 1. The highest BCUT2D eigenvalue weighted by atomic mass is 19.4. The van der Waals surface area contributed by atoms with Crippen LogP contribution in [0.4, 0.5) is 13.2 Å². The molecule has 2 N–H and O–H groups in total. The second-order valence-electron chi connectivity index (χ2n) is 5.05. The van der Waals surface area contributed by atoms with Gasteiger partial charge in [-0.1, -0.05) is 24.3 Å². The van der Waals surface area contributed by atoms with Crippen molar-refractivity contribution in [2.45, 2.75) is 37.9 Å². The predicted octanol–water partition coefficient (Wildman–Crippen LogP) is 3.17. The number of carbonyl (C=O) groups excluding carboxylic acids is 1. The molecule has 0 aliphatic carbocycles. The van der Waals surface area contributed by atoms with Gasteiger partial charge in [-0.25, -0.2) is 4.79 Å². The minimum Gasteiger partial charge on any atom is -0.480 e. The fourth-order valence-electron chi connectivity index (χ4n) is 2.01. The van der Waals surface area contributed by atoms with E-state index in [1.54, 1.807) is 6.08 Å². The molecule has 0 aliphatic heterocycles. The SMILES string of the molecule is C=CCCC[C@H](NC(=O)Cc1cccc(C(F)(F)F)c1)C(=O)O. The Morgan fingerprint density at radius 3 is 2.61 bits per heavy atom. The van der Waals surface area contributed by atoms with Gasteiger partial charge >= 0.3 is 12.1 Å². The van der Waals surface area contributed by atoms with E-state index in [9.17, 15) is 22.8 Å². The number of carboxylic acids is 1. The monoisotopic (exact) mass is 329 g/mol. The first-order valence-electron chi connectivity index (χ1n) is 7.03. The maximum atomic E-state index is 12.6. The fourth-order valence-corrected chi connectivity index (χ4v) is 2.01. The first-order valence-corrected chi connectivity index (χ1v) is 7.03. The average molecular weight is 329 g/mol. The highest BCUT2D eigenvalue weighted by Gasteiger charge is 2.30. The first kappa shape index (κ1) is 18.7. The van der Waals surface area contributed by atoms with Crippen molar-refractivity contribution in [3.8, 4) is 0 Å². The Labute approximate surface area is 132 Å². The number of rotatable bonds is 8. The topological polar surface area (TPSA) is 66.4 Å². The number of aliphatic carboxylic acids is 1. The number of hydrogen-bond acceptors (Lipinski definition) is 2. The lowest BCUT2D eigenvalue weighted by Gasteiger charge is -2.14. The normalized spacial score (nSPS) is 12.5. The Bertz CT molecular complexity index is 570. The lowest BCUT2D eigenvalue weighted by Crippen LogP contribution is -2.41. The third kappa shape index (κ3) is 6.54. The summed E-state index contributed by atoms with van der Waals surface area (Å²) in [6, 6.07) is 3.34. The molecular formula is C16H18F3NO3. The van der Waals surface area contributed by atoms with Crippen molar-refractivity contribution in [3.63, 3.8) is 0 Å². The molecule has 0 heterocycles. The van der Waals surface area contributed by atoms with Crippen molar-refractivity contribution in [1.29, 1.82) is 0 Å². The van der Waals surface area contributed by atoms with Crippen LogP contribution in [0.2, 0.25) is 0 Å². The van der Waals surface area contributed by atoms with Crippen LogP contribution in [0.3, 0.4) is 0 Å². The summed E-state index contributed by atoms with van der Waals surface area (Å²) < 4.78 is 37.8. The molecule has 4 nitrogen and oxygen atoms in total. The third-order valence-electron chi connectivity index (χ3n) is 3.15. The van der Waals surface area contributed by atoms with Crippen molar-refractivity contribution in [3.05, 3.63) is 48.0 Å². The standard InChI is InChI=1S/C16H18F3NO3/c1-2-3-4-8-13(15(22)23)20-14(21)10-11-6-5-7-12(9-11)16(17,18)19/h2,5-7,9,13H,1,3-4,8,10H2,(H,20,21)(H,22,23)/t13-/m0/s1. The summed E-state index contributed by atoms with van der Waals surface area (Å²) in [6.07, 6.45) is -1.76. The molecule has 1 amide bonds. The van der Waals surface area contributed by atoms with Gasteiger partial charge in [0.2, 0.25) is 5.91 Å². The van der Waals surface area contributed by atoms with Gasteiger partial charge in [-0.2, -0.15) is 13.2 Å².